The Morgan fingerprint density at radius 2 is 2.04 bits per heavy atom. The van der Waals surface area contributed by atoms with Gasteiger partial charge in [0.1, 0.15) is 0 Å². The molecular formula is C15H17ClN4O2S. The van der Waals surface area contributed by atoms with E-state index in [-0.39, 0.29) is 10.9 Å². The number of sulfonamides is 1. The Morgan fingerprint density at radius 1 is 1.22 bits per heavy atom. The van der Waals surface area contributed by atoms with Gasteiger partial charge in [-0.1, -0.05) is 22.9 Å². The Kier molecular flexibility index (Phi) is 3.66. The van der Waals surface area contributed by atoms with Gasteiger partial charge in [0.2, 0.25) is 10.0 Å². The predicted molar refractivity (Wildman–Crippen MR) is 85.9 cm³/mol. The lowest BCUT2D eigenvalue weighted by atomic mass is 10.2. The molecule has 1 aromatic carbocycles. The van der Waals surface area contributed by atoms with E-state index in [2.05, 4.69) is 10.3 Å². The molecule has 2 aliphatic rings. The summed E-state index contributed by atoms with van der Waals surface area (Å²) in [7, 11) is -3.51. The Bertz CT molecular complexity index is 832. The summed E-state index contributed by atoms with van der Waals surface area (Å²) in [6.07, 6.45) is 5.07. The maximum Gasteiger partial charge on any atom is 0.243 e. The quantitative estimate of drug-likeness (QED) is 0.847. The summed E-state index contributed by atoms with van der Waals surface area (Å²) >= 11 is 5.92. The second kappa shape index (κ2) is 5.58. The largest absolute Gasteiger partial charge is 0.248 e. The van der Waals surface area contributed by atoms with Crippen LogP contribution < -0.4 is 0 Å². The third-order valence-electron chi connectivity index (χ3n) is 4.46. The average Bonchev–Trinajstić information content (AvgIpc) is 3.06. The first-order valence-electron chi connectivity index (χ1n) is 7.71. The van der Waals surface area contributed by atoms with Crippen molar-refractivity contribution in [2.45, 2.75) is 36.1 Å². The van der Waals surface area contributed by atoms with Crippen LogP contribution in [0.2, 0.25) is 5.02 Å². The summed E-state index contributed by atoms with van der Waals surface area (Å²) in [5, 5.41) is 8.82. The van der Waals surface area contributed by atoms with Gasteiger partial charge in [0.05, 0.1) is 16.6 Å². The van der Waals surface area contributed by atoms with Crippen molar-refractivity contribution in [2.75, 3.05) is 13.1 Å². The van der Waals surface area contributed by atoms with Gasteiger partial charge < -0.3 is 0 Å². The molecule has 2 fully saturated rings. The molecule has 1 aliphatic heterocycles. The molecule has 1 saturated carbocycles. The van der Waals surface area contributed by atoms with Crippen LogP contribution in [0.4, 0.5) is 0 Å². The third-order valence-corrected chi connectivity index (χ3v) is 6.55. The van der Waals surface area contributed by atoms with E-state index in [1.54, 1.807) is 18.2 Å². The van der Waals surface area contributed by atoms with Crippen LogP contribution in [0.25, 0.3) is 0 Å². The first-order chi connectivity index (χ1) is 11.0. The highest BCUT2D eigenvalue weighted by Crippen LogP contribution is 2.39. The van der Waals surface area contributed by atoms with E-state index in [4.69, 9.17) is 11.6 Å². The molecule has 2 heterocycles. The van der Waals surface area contributed by atoms with Crippen molar-refractivity contribution in [2.24, 2.45) is 0 Å². The number of hydrogen-bond donors (Lipinski definition) is 0. The van der Waals surface area contributed by atoms with Crippen LogP contribution in [-0.2, 0) is 10.0 Å². The van der Waals surface area contributed by atoms with Crippen LogP contribution in [-0.4, -0.2) is 40.8 Å². The zero-order valence-corrected chi connectivity index (χ0v) is 14.0. The fourth-order valence-corrected chi connectivity index (χ4v) is 4.75. The molecule has 1 aromatic heterocycles. The molecular weight excluding hydrogens is 336 g/mol. The number of halogens is 1. The molecule has 4 rings (SSSR count). The van der Waals surface area contributed by atoms with Crippen molar-refractivity contribution in [3.05, 3.63) is 41.2 Å². The van der Waals surface area contributed by atoms with E-state index in [1.807, 2.05) is 10.9 Å². The van der Waals surface area contributed by atoms with E-state index in [1.165, 1.54) is 23.2 Å². The fourth-order valence-electron chi connectivity index (χ4n) is 2.96. The third kappa shape index (κ3) is 2.88. The minimum atomic E-state index is -3.51. The molecule has 1 unspecified atom stereocenters. The van der Waals surface area contributed by atoms with Gasteiger partial charge in [0, 0.05) is 30.2 Å². The van der Waals surface area contributed by atoms with Crippen LogP contribution in [0.5, 0.6) is 0 Å². The summed E-state index contributed by atoms with van der Waals surface area (Å²) in [5.41, 5.74) is 1.03. The number of nitrogens with zero attached hydrogens (tertiary/aromatic N) is 4. The highest BCUT2D eigenvalue weighted by molar-refractivity contribution is 7.89. The highest BCUT2D eigenvalue weighted by Gasteiger charge is 2.35. The second-order valence-corrected chi connectivity index (χ2v) is 8.53. The van der Waals surface area contributed by atoms with E-state index in [9.17, 15) is 8.42 Å². The standard InChI is InChI=1S/C15H17ClN4O2S/c16-12-2-1-3-14(8-12)23(21,22)19-7-6-13(9-19)20-10-15(17-18-20)11-4-5-11/h1-3,8,10-11,13H,4-7,9H2. The van der Waals surface area contributed by atoms with Crippen LogP contribution in [0.15, 0.2) is 35.4 Å². The lowest BCUT2D eigenvalue weighted by Gasteiger charge is -2.16. The number of aromatic nitrogens is 3. The molecule has 1 saturated heterocycles. The minimum Gasteiger partial charge on any atom is -0.248 e. The van der Waals surface area contributed by atoms with Gasteiger partial charge in [0.25, 0.3) is 0 Å². The second-order valence-electron chi connectivity index (χ2n) is 6.16. The number of benzene rings is 1. The van der Waals surface area contributed by atoms with Crippen molar-refractivity contribution < 1.29 is 8.42 Å². The molecule has 0 N–H and O–H groups in total. The van der Waals surface area contributed by atoms with Crippen molar-refractivity contribution in [1.82, 2.24) is 19.3 Å². The molecule has 6 nitrogen and oxygen atoms in total. The van der Waals surface area contributed by atoms with Crippen molar-refractivity contribution in [3.8, 4) is 0 Å². The Hall–Kier alpha value is -1.44. The van der Waals surface area contributed by atoms with Gasteiger partial charge in [-0.3, -0.25) is 0 Å². The van der Waals surface area contributed by atoms with Gasteiger partial charge in [-0.25, -0.2) is 13.1 Å². The van der Waals surface area contributed by atoms with E-state index >= 15 is 0 Å². The van der Waals surface area contributed by atoms with Gasteiger partial charge in [0.15, 0.2) is 0 Å². The van der Waals surface area contributed by atoms with Gasteiger partial charge in [-0.05, 0) is 37.5 Å². The molecule has 122 valence electrons. The Labute approximate surface area is 140 Å². The highest BCUT2D eigenvalue weighted by atomic mass is 35.5. The van der Waals surface area contributed by atoms with Crippen LogP contribution in [0, 0.1) is 0 Å². The normalized spacial score (nSPS) is 22.6. The molecule has 1 atom stereocenters. The zero-order valence-electron chi connectivity index (χ0n) is 12.5. The molecule has 0 amide bonds. The molecule has 0 bridgehead atoms. The minimum absolute atomic E-state index is 0.0453. The van der Waals surface area contributed by atoms with E-state index in [0.717, 1.165) is 12.1 Å². The molecule has 0 radical (unpaired) electrons. The molecule has 2 aromatic rings. The summed E-state index contributed by atoms with van der Waals surface area (Å²) in [4.78, 5) is 0.239. The molecule has 0 spiro atoms. The average molecular weight is 353 g/mol. The Morgan fingerprint density at radius 3 is 2.78 bits per heavy atom. The topological polar surface area (TPSA) is 68.1 Å². The van der Waals surface area contributed by atoms with Gasteiger partial charge >= 0.3 is 0 Å². The molecule has 8 heteroatoms. The molecule has 23 heavy (non-hydrogen) atoms. The van der Waals surface area contributed by atoms with E-state index < -0.39 is 10.0 Å². The summed E-state index contributed by atoms with van der Waals surface area (Å²) in [5.74, 6) is 0.552. The number of rotatable bonds is 4. The van der Waals surface area contributed by atoms with Gasteiger partial charge in [-0.15, -0.1) is 5.10 Å². The SMILES string of the molecule is O=S(=O)(c1cccc(Cl)c1)N1CCC(n2cc(C3CC3)nn2)C1. The summed E-state index contributed by atoms with van der Waals surface area (Å²) in [6, 6.07) is 6.44. The van der Waals surface area contributed by atoms with Crippen LogP contribution in [0.1, 0.15) is 36.9 Å². The van der Waals surface area contributed by atoms with E-state index in [0.29, 0.717) is 24.0 Å². The van der Waals surface area contributed by atoms with Crippen molar-refractivity contribution in [1.29, 1.82) is 0 Å². The van der Waals surface area contributed by atoms with Crippen LogP contribution >= 0.6 is 11.6 Å². The fraction of sp³-hybridized carbons (Fsp3) is 0.467. The predicted octanol–water partition coefficient (Wildman–Crippen LogP) is 2.44. The first-order valence-corrected chi connectivity index (χ1v) is 9.53. The van der Waals surface area contributed by atoms with Crippen molar-refractivity contribution in [3.63, 3.8) is 0 Å². The van der Waals surface area contributed by atoms with Gasteiger partial charge in [-0.2, -0.15) is 4.31 Å². The van der Waals surface area contributed by atoms with Crippen molar-refractivity contribution >= 4 is 21.6 Å². The monoisotopic (exact) mass is 352 g/mol. The van der Waals surface area contributed by atoms with Crippen LogP contribution in [0.3, 0.4) is 0 Å². The number of hydrogen-bond acceptors (Lipinski definition) is 4. The lowest BCUT2D eigenvalue weighted by molar-refractivity contribution is 0.428. The first kappa shape index (κ1) is 15.1. The maximum atomic E-state index is 12.7. The zero-order chi connectivity index (χ0) is 16.0. The summed E-state index contributed by atoms with van der Waals surface area (Å²) in [6.45, 7) is 0.903. The summed E-state index contributed by atoms with van der Waals surface area (Å²) < 4.78 is 28.7. The lowest BCUT2D eigenvalue weighted by Crippen LogP contribution is -2.29. The smallest absolute Gasteiger partial charge is 0.243 e. The Balaban J connectivity index is 1.52. The molecule has 1 aliphatic carbocycles. The maximum absolute atomic E-state index is 12.7.